The van der Waals surface area contributed by atoms with Crippen LogP contribution in [0.3, 0.4) is 0 Å². The van der Waals surface area contributed by atoms with Gasteiger partial charge >= 0.3 is 0 Å². The first-order chi connectivity index (χ1) is 14.2. The molecule has 0 unspecified atom stereocenters. The second kappa shape index (κ2) is 6.95. The van der Waals surface area contributed by atoms with Crippen LogP contribution in [0.25, 0.3) is 0 Å². The fourth-order valence-corrected chi connectivity index (χ4v) is 6.50. The van der Waals surface area contributed by atoms with Crippen molar-refractivity contribution in [1.29, 1.82) is 0 Å². The molecule has 0 amide bonds. The highest BCUT2D eigenvalue weighted by Crippen LogP contribution is 2.69. The summed E-state index contributed by atoms with van der Waals surface area (Å²) in [5.41, 5.74) is 4.40. The van der Waals surface area contributed by atoms with Gasteiger partial charge in [0.15, 0.2) is 0 Å². The van der Waals surface area contributed by atoms with Gasteiger partial charge in [-0.05, 0) is 72.6 Å². The van der Waals surface area contributed by atoms with Gasteiger partial charge < -0.3 is 9.47 Å². The van der Waals surface area contributed by atoms with E-state index in [1.54, 1.807) is 14.2 Å². The SMILES string of the molecule is COc1ccc(C2(c3ccc(OC)cc3)C3CCC2(c2ccccc2)CC3)cc1. The van der Waals surface area contributed by atoms with Crippen molar-refractivity contribution in [2.45, 2.75) is 36.5 Å². The summed E-state index contributed by atoms with van der Waals surface area (Å²) in [5, 5.41) is 0. The van der Waals surface area contributed by atoms with Crippen LogP contribution in [0.5, 0.6) is 11.5 Å². The smallest absolute Gasteiger partial charge is 0.118 e. The Hall–Kier alpha value is -2.74. The third-order valence-corrected chi connectivity index (χ3v) is 7.62. The van der Waals surface area contributed by atoms with Crippen LogP contribution < -0.4 is 9.47 Å². The molecule has 2 saturated carbocycles. The molecular weight excluding hydrogens is 356 g/mol. The normalized spacial score (nSPS) is 24.4. The van der Waals surface area contributed by atoms with Crippen molar-refractivity contribution in [1.82, 2.24) is 0 Å². The van der Waals surface area contributed by atoms with Gasteiger partial charge in [0.2, 0.25) is 0 Å². The first kappa shape index (κ1) is 18.3. The van der Waals surface area contributed by atoms with E-state index < -0.39 is 0 Å². The molecule has 2 heteroatoms. The van der Waals surface area contributed by atoms with Crippen molar-refractivity contribution in [3.63, 3.8) is 0 Å². The molecule has 2 aliphatic rings. The molecule has 148 valence electrons. The maximum atomic E-state index is 5.46. The molecule has 3 aromatic carbocycles. The minimum atomic E-state index is -0.0209. The Morgan fingerprint density at radius 1 is 0.621 bits per heavy atom. The van der Waals surface area contributed by atoms with Gasteiger partial charge in [0.05, 0.1) is 14.2 Å². The van der Waals surface area contributed by atoms with Gasteiger partial charge in [-0.25, -0.2) is 0 Å². The lowest BCUT2D eigenvalue weighted by Gasteiger charge is -2.45. The predicted octanol–water partition coefficient (Wildman–Crippen LogP) is 6.13. The Kier molecular flexibility index (Phi) is 4.38. The molecule has 5 rings (SSSR count). The molecule has 0 atom stereocenters. The standard InChI is InChI=1S/C27H28O2/c1-28-24-12-8-21(9-13-24)27(22-10-14-25(29-2)15-11-22)23-16-18-26(27,19-17-23)20-6-4-3-5-7-20/h3-15,23H,16-19H2,1-2H3. The molecule has 2 nitrogen and oxygen atoms in total. The van der Waals surface area contributed by atoms with Crippen LogP contribution in [-0.2, 0) is 10.8 Å². The number of fused-ring (bicyclic) bond motifs is 2. The molecule has 0 spiro atoms. The zero-order valence-electron chi connectivity index (χ0n) is 17.2. The first-order valence-corrected chi connectivity index (χ1v) is 10.6. The number of rotatable bonds is 5. The fraction of sp³-hybridized carbons (Fsp3) is 0.333. The van der Waals surface area contributed by atoms with Crippen LogP contribution in [0, 0.1) is 5.92 Å². The van der Waals surface area contributed by atoms with Gasteiger partial charge in [0.1, 0.15) is 11.5 Å². The van der Waals surface area contributed by atoms with E-state index in [9.17, 15) is 0 Å². The minimum Gasteiger partial charge on any atom is -0.497 e. The summed E-state index contributed by atoms with van der Waals surface area (Å²) >= 11 is 0. The van der Waals surface area contributed by atoms with Gasteiger partial charge in [0, 0.05) is 10.8 Å². The van der Waals surface area contributed by atoms with Crippen molar-refractivity contribution in [2.24, 2.45) is 5.92 Å². The number of benzene rings is 3. The quantitative estimate of drug-likeness (QED) is 0.527. The Labute approximate surface area is 173 Å². The van der Waals surface area contributed by atoms with Crippen LogP contribution in [0.4, 0.5) is 0 Å². The minimum absolute atomic E-state index is 0.0209. The highest BCUT2D eigenvalue weighted by atomic mass is 16.5. The zero-order valence-corrected chi connectivity index (χ0v) is 17.2. The molecule has 0 heterocycles. The molecular formula is C27H28O2. The summed E-state index contributed by atoms with van der Waals surface area (Å²) in [7, 11) is 3.47. The number of methoxy groups -OCH3 is 2. The van der Waals surface area contributed by atoms with E-state index in [2.05, 4.69) is 78.9 Å². The lowest BCUT2D eigenvalue weighted by Crippen LogP contribution is -2.44. The maximum Gasteiger partial charge on any atom is 0.118 e. The van der Waals surface area contributed by atoms with Gasteiger partial charge in [-0.15, -0.1) is 0 Å². The molecule has 2 fully saturated rings. The van der Waals surface area contributed by atoms with E-state index in [1.807, 2.05) is 0 Å². The molecule has 29 heavy (non-hydrogen) atoms. The number of hydrogen-bond donors (Lipinski definition) is 0. The third-order valence-electron chi connectivity index (χ3n) is 7.62. The monoisotopic (exact) mass is 384 g/mol. The molecule has 2 aliphatic carbocycles. The summed E-state index contributed by atoms with van der Waals surface area (Å²) in [5.74, 6) is 2.47. The molecule has 0 aliphatic heterocycles. The number of hydrogen-bond acceptors (Lipinski definition) is 2. The molecule has 0 saturated heterocycles. The lowest BCUT2D eigenvalue weighted by atomic mass is 9.57. The summed E-state index contributed by atoms with van der Waals surface area (Å²) in [6, 6.07) is 28.9. The molecule has 3 aromatic rings. The van der Waals surface area contributed by atoms with Gasteiger partial charge in [0.25, 0.3) is 0 Å². The second-order valence-electron chi connectivity index (χ2n) is 8.49. The second-order valence-corrected chi connectivity index (χ2v) is 8.49. The first-order valence-electron chi connectivity index (χ1n) is 10.6. The Bertz CT molecular complexity index is 918. The highest BCUT2D eigenvalue weighted by molar-refractivity contribution is 5.55. The van der Waals surface area contributed by atoms with Crippen LogP contribution in [-0.4, -0.2) is 14.2 Å². The van der Waals surface area contributed by atoms with E-state index in [4.69, 9.17) is 9.47 Å². The van der Waals surface area contributed by atoms with Gasteiger partial charge in [-0.2, -0.15) is 0 Å². The summed E-state index contributed by atoms with van der Waals surface area (Å²) in [6.45, 7) is 0. The van der Waals surface area contributed by atoms with Crippen LogP contribution in [0.2, 0.25) is 0 Å². The average molecular weight is 385 g/mol. The fourth-order valence-electron chi connectivity index (χ4n) is 6.50. The van der Waals surface area contributed by atoms with Crippen LogP contribution in [0.15, 0.2) is 78.9 Å². The Morgan fingerprint density at radius 3 is 1.55 bits per heavy atom. The number of ether oxygens (including phenoxy) is 2. The molecule has 0 aromatic heterocycles. The van der Waals surface area contributed by atoms with Crippen molar-refractivity contribution in [3.8, 4) is 11.5 Å². The van der Waals surface area contributed by atoms with Crippen molar-refractivity contribution >= 4 is 0 Å². The summed E-state index contributed by atoms with van der Waals surface area (Å²) < 4.78 is 10.9. The Balaban J connectivity index is 1.77. The summed E-state index contributed by atoms with van der Waals surface area (Å²) in [4.78, 5) is 0. The van der Waals surface area contributed by atoms with E-state index in [1.165, 1.54) is 42.4 Å². The topological polar surface area (TPSA) is 18.5 Å². The lowest BCUT2D eigenvalue weighted by molar-refractivity contribution is 0.325. The van der Waals surface area contributed by atoms with Crippen molar-refractivity contribution in [3.05, 3.63) is 95.6 Å². The molecule has 0 radical (unpaired) electrons. The van der Waals surface area contributed by atoms with Gasteiger partial charge in [-0.3, -0.25) is 0 Å². The Morgan fingerprint density at radius 2 is 1.10 bits per heavy atom. The van der Waals surface area contributed by atoms with Crippen molar-refractivity contribution in [2.75, 3.05) is 14.2 Å². The summed E-state index contributed by atoms with van der Waals surface area (Å²) in [6.07, 6.45) is 5.01. The largest absolute Gasteiger partial charge is 0.497 e. The third kappa shape index (κ3) is 2.48. The predicted molar refractivity (Wildman–Crippen MR) is 117 cm³/mol. The van der Waals surface area contributed by atoms with Crippen molar-refractivity contribution < 1.29 is 9.47 Å². The van der Waals surface area contributed by atoms with E-state index in [-0.39, 0.29) is 10.8 Å². The average Bonchev–Trinajstić information content (AvgIpc) is 3.32. The maximum absolute atomic E-state index is 5.46. The van der Waals surface area contributed by atoms with E-state index in [0.29, 0.717) is 5.92 Å². The van der Waals surface area contributed by atoms with Crippen LogP contribution in [0.1, 0.15) is 42.4 Å². The molecule has 2 bridgehead atoms. The van der Waals surface area contributed by atoms with E-state index in [0.717, 1.165) is 11.5 Å². The van der Waals surface area contributed by atoms with Crippen LogP contribution >= 0.6 is 0 Å². The zero-order chi connectivity index (χ0) is 19.9. The highest BCUT2D eigenvalue weighted by Gasteiger charge is 2.65. The molecule has 0 N–H and O–H groups in total. The van der Waals surface area contributed by atoms with E-state index >= 15 is 0 Å². The van der Waals surface area contributed by atoms with Gasteiger partial charge in [-0.1, -0.05) is 54.6 Å².